The number of carbonyl (C=O) groups is 2. The summed E-state index contributed by atoms with van der Waals surface area (Å²) < 4.78 is 5.39. The molecule has 3 aromatic rings. The van der Waals surface area contributed by atoms with Gasteiger partial charge in [0, 0.05) is 31.0 Å². The molecule has 190 valence electrons. The summed E-state index contributed by atoms with van der Waals surface area (Å²) >= 11 is 6.34. The molecule has 1 atom stereocenters. The normalized spacial score (nSPS) is 11.5. The number of amides is 2. The van der Waals surface area contributed by atoms with E-state index in [-0.39, 0.29) is 18.2 Å². The summed E-state index contributed by atoms with van der Waals surface area (Å²) in [6.07, 6.45) is 3.05. The van der Waals surface area contributed by atoms with Gasteiger partial charge in [0.25, 0.3) is 0 Å². The molecule has 1 N–H and O–H groups in total. The smallest absolute Gasteiger partial charge is 0.243 e. The Hall–Kier alpha value is -3.31. The Morgan fingerprint density at radius 3 is 2.42 bits per heavy atom. The number of halogens is 1. The van der Waals surface area contributed by atoms with Crippen molar-refractivity contribution in [2.24, 2.45) is 0 Å². The fourth-order valence-corrected chi connectivity index (χ4v) is 4.34. The molecule has 3 aromatic carbocycles. The molecule has 0 aliphatic rings. The lowest BCUT2D eigenvalue weighted by Gasteiger charge is -2.32. The van der Waals surface area contributed by atoms with E-state index in [0.717, 1.165) is 29.5 Å². The first-order chi connectivity index (χ1) is 17.5. The van der Waals surface area contributed by atoms with Gasteiger partial charge in [-0.2, -0.15) is 0 Å². The third-order valence-corrected chi connectivity index (χ3v) is 6.52. The Balaban J connectivity index is 1.91. The molecule has 2 amide bonds. The van der Waals surface area contributed by atoms with E-state index in [1.54, 1.807) is 12.0 Å². The number of methoxy groups -OCH3 is 1. The molecule has 0 aromatic heterocycles. The summed E-state index contributed by atoms with van der Waals surface area (Å²) in [5.74, 6) is 0.480. The highest BCUT2D eigenvalue weighted by molar-refractivity contribution is 6.31. The number of nitrogens with zero attached hydrogens (tertiary/aromatic N) is 1. The van der Waals surface area contributed by atoms with Crippen LogP contribution in [0.15, 0.2) is 78.9 Å². The summed E-state index contributed by atoms with van der Waals surface area (Å²) in [4.78, 5) is 28.9. The second kappa shape index (κ2) is 14.3. The highest BCUT2D eigenvalue weighted by Crippen LogP contribution is 2.21. The van der Waals surface area contributed by atoms with Crippen molar-refractivity contribution in [2.75, 3.05) is 13.7 Å². The quantitative estimate of drug-likeness (QED) is 0.296. The highest BCUT2D eigenvalue weighted by Gasteiger charge is 2.30. The summed E-state index contributed by atoms with van der Waals surface area (Å²) in [7, 11) is 1.62. The minimum absolute atomic E-state index is 0.0932. The van der Waals surface area contributed by atoms with E-state index in [1.165, 1.54) is 0 Å². The maximum Gasteiger partial charge on any atom is 0.243 e. The molecular formula is C30H35ClN2O3. The van der Waals surface area contributed by atoms with Gasteiger partial charge in [-0.3, -0.25) is 9.59 Å². The van der Waals surface area contributed by atoms with Crippen molar-refractivity contribution in [3.63, 3.8) is 0 Å². The predicted molar refractivity (Wildman–Crippen MR) is 145 cm³/mol. The zero-order valence-electron chi connectivity index (χ0n) is 21.1. The van der Waals surface area contributed by atoms with Gasteiger partial charge in [-0.25, -0.2) is 0 Å². The summed E-state index contributed by atoms with van der Waals surface area (Å²) in [5, 5.41) is 3.69. The number of carbonyl (C=O) groups excluding carboxylic acids is 2. The SMILES string of the molecule is CCCCNC(=O)C(Cc1ccccc1)N(Cc1cccc(OC)c1)C(=O)CCc1ccccc1Cl. The molecule has 0 saturated heterocycles. The minimum atomic E-state index is -0.644. The van der Waals surface area contributed by atoms with Crippen LogP contribution in [0.2, 0.25) is 5.02 Å². The lowest BCUT2D eigenvalue weighted by atomic mass is 10.0. The van der Waals surface area contributed by atoms with Crippen LogP contribution in [0.5, 0.6) is 5.75 Å². The van der Waals surface area contributed by atoms with Gasteiger partial charge in [0.05, 0.1) is 7.11 Å². The lowest BCUT2D eigenvalue weighted by Crippen LogP contribution is -2.50. The number of unbranched alkanes of at least 4 members (excludes halogenated alkanes) is 1. The molecule has 5 nitrogen and oxygen atoms in total. The van der Waals surface area contributed by atoms with Crippen molar-refractivity contribution < 1.29 is 14.3 Å². The summed E-state index contributed by atoms with van der Waals surface area (Å²) in [6.45, 7) is 2.97. The average molecular weight is 507 g/mol. The van der Waals surface area contributed by atoms with Crippen LogP contribution in [0.4, 0.5) is 0 Å². The molecule has 0 spiro atoms. The van der Waals surface area contributed by atoms with Gasteiger partial charge in [-0.05, 0) is 47.7 Å². The number of hydrogen-bond acceptors (Lipinski definition) is 3. The third-order valence-electron chi connectivity index (χ3n) is 6.15. The minimum Gasteiger partial charge on any atom is -0.497 e. The number of ether oxygens (including phenoxy) is 1. The Kier molecular flexibility index (Phi) is 10.8. The maximum absolute atomic E-state index is 13.7. The van der Waals surface area contributed by atoms with Crippen LogP contribution in [0.25, 0.3) is 0 Å². The van der Waals surface area contributed by atoms with Crippen molar-refractivity contribution in [1.29, 1.82) is 0 Å². The molecule has 0 heterocycles. The molecular weight excluding hydrogens is 472 g/mol. The summed E-state index contributed by atoms with van der Waals surface area (Å²) in [5.41, 5.74) is 2.82. The Morgan fingerprint density at radius 2 is 1.69 bits per heavy atom. The molecule has 0 aliphatic carbocycles. The average Bonchev–Trinajstić information content (AvgIpc) is 2.90. The van der Waals surface area contributed by atoms with Gasteiger partial charge in [-0.1, -0.05) is 85.6 Å². The molecule has 0 fully saturated rings. The zero-order valence-corrected chi connectivity index (χ0v) is 21.8. The Labute approximate surface area is 219 Å². The van der Waals surface area contributed by atoms with Gasteiger partial charge in [0.15, 0.2) is 0 Å². The predicted octanol–water partition coefficient (Wildman–Crippen LogP) is 5.84. The third kappa shape index (κ3) is 8.13. The molecule has 0 radical (unpaired) electrons. The van der Waals surface area contributed by atoms with E-state index in [9.17, 15) is 9.59 Å². The molecule has 0 bridgehead atoms. The van der Waals surface area contributed by atoms with Crippen LogP contribution in [0.1, 0.15) is 42.9 Å². The van der Waals surface area contributed by atoms with E-state index in [2.05, 4.69) is 12.2 Å². The molecule has 36 heavy (non-hydrogen) atoms. The molecule has 3 rings (SSSR count). The second-order valence-electron chi connectivity index (χ2n) is 8.81. The molecule has 0 saturated carbocycles. The van der Waals surface area contributed by atoms with Crippen LogP contribution >= 0.6 is 11.6 Å². The van der Waals surface area contributed by atoms with Gasteiger partial charge >= 0.3 is 0 Å². The first-order valence-corrected chi connectivity index (χ1v) is 12.9. The van der Waals surface area contributed by atoms with Crippen LogP contribution in [0.3, 0.4) is 0 Å². The first kappa shape index (κ1) is 27.3. The maximum atomic E-state index is 13.7. The Bertz CT molecular complexity index is 1120. The summed E-state index contributed by atoms with van der Waals surface area (Å²) in [6, 6.07) is 24.4. The fraction of sp³-hybridized carbons (Fsp3) is 0.333. The van der Waals surface area contributed by atoms with E-state index < -0.39 is 6.04 Å². The Morgan fingerprint density at radius 1 is 0.972 bits per heavy atom. The largest absolute Gasteiger partial charge is 0.497 e. The number of benzene rings is 3. The van der Waals surface area contributed by atoms with Gasteiger partial charge < -0.3 is 15.0 Å². The molecule has 6 heteroatoms. The van der Waals surface area contributed by atoms with Crippen molar-refractivity contribution in [3.05, 3.63) is 101 Å². The monoisotopic (exact) mass is 506 g/mol. The number of rotatable bonds is 13. The van der Waals surface area contributed by atoms with E-state index in [1.807, 2.05) is 78.9 Å². The van der Waals surface area contributed by atoms with Crippen molar-refractivity contribution in [1.82, 2.24) is 10.2 Å². The van der Waals surface area contributed by atoms with Crippen LogP contribution in [-0.4, -0.2) is 36.4 Å². The van der Waals surface area contributed by atoms with Crippen molar-refractivity contribution in [3.8, 4) is 5.75 Å². The topological polar surface area (TPSA) is 58.6 Å². The van der Waals surface area contributed by atoms with Gasteiger partial charge in [0.1, 0.15) is 11.8 Å². The zero-order chi connectivity index (χ0) is 25.8. The number of aryl methyl sites for hydroxylation is 1. The first-order valence-electron chi connectivity index (χ1n) is 12.5. The van der Waals surface area contributed by atoms with Crippen molar-refractivity contribution in [2.45, 2.75) is 51.6 Å². The highest BCUT2D eigenvalue weighted by atomic mass is 35.5. The van der Waals surface area contributed by atoms with Crippen LogP contribution < -0.4 is 10.1 Å². The van der Waals surface area contributed by atoms with E-state index in [0.29, 0.717) is 36.7 Å². The van der Waals surface area contributed by atoms with Crippen molar-refractivity contribution >= 4 is 23.4 Å². The van der Waals surface area contributed by atoms with Gasteiger partial charge in [-0.15, -0.1) is 0 Å². The fourth-order valence-electron chi connectivity index (χ4n) is 4.11. The molecule has 1 unspecified atom stereocenters. The van der Waals surface area contributed by atoms with E-state index >= 15 is 0 Å². The number of nitrogens with one attached hydrogen (secondary N) is 1. The molecule has 0 aliphatic heterocycles. The number of hydrogen-bond donors (Lipinski definition) is 1. The van der Waals surface area contributed by atoms with Crippen LogP contribution in [0, 0.1) is 0 Å². The van der Waals surface area contributed by atoms with E-state index in [4.69, 9.17) is 16.3 Å². The second-order valence-corrected chi connectivity index (χ2v) is 9.22. The lowest BCUT2D eigenvalue weighted by molar-refractivity contribution is -0.141. The van der Waals surface area contributed by atoms with Gasteiger partial charge in [0.2, 0.25) is 11.8 Å². The van der Waals surface area contributed by atoms with Crippen LogP contribution in [-0.2, 0) is 29.0 Å². The standard InChI is InChI=1S/C30H35ClN2O3/c1-3-4-19-32-30(35)28(21-23-11-6-5-7-12-23)33(22-24-13-10-15-26(20-24)36-2)29(34)18-17-25-14-8-9-16-27(25)31/h5-16,20,28H,3-4,17-19,21-22H2,1-2H3,(H,32,35).